The first-order valence-electron chi connectivity index (χ1n) is 6.31. The minimum atomic E-state index is -0.971. The van der Waals surface area contributed by atoms with Gasteiger partial charge in [0.15, 0.2) is 0 Å². The molecule has 0 bridgehead atoms. The number of hydrogen-bond acceptors (Lipinski definition) is 1. The molecule has 1 N–H and O–H groups in total. The number of halogens is 2. The van der Waals surface area contributed by atoms with Crippen LogP contribution < -0.4 is 0 Å². The molecule has 0 spiro atoms. The fraction of sp³-hybridized carbons (Fsp3) is 0.0625. The minimum absolute atomic E-state index is 0.226. The van der Waals surface area contributed by atoms with Gasteiger partial charge in [0.05, 0.1) is 12.1 Å². The molecule has 5 heteroatoms. The number of aromatic nitrogens is 1. The fourth-order valence-electron chi connectivity index (χ4n) is 2.32. The van der Waals surface area contributed by atoms with Gasteiger partial charge < -0.3 is 9.67 Å². The molecule has 0 aliphatic carbocycles. The van der Waals surface area contributed by atoms with Crippen molar-refractivity contribution in [1.82, 2.24) is 4.57 Å². The average molecular weight is 304 g/mol. The zero-order chi connectivity index (χ0) is 15.0. The summed E-state index contributed by atoms with van der Waals surface area (Å²) in [5.74, 6) is -1.33. The van der Waals surface area contributed by atoms with Crippen molar-refractivity contribution in [3.8, 4) is 0 Å². The molecule has 0 unspecified atom stereocenters. The van der Waals surface area contributed by atoms with Crippen molar-refractivity contribution in [2.24, 2.45) is 0 Å². The highest BCUT2D eigenvalue weighted by molar-refractivity contribution is 6.31. The van der Waals surface area contributed by atoms with Crippen LogP contribution in [0.25, 0.3) is 10.9 Å². The molecule has 0 aliphatic rings. The maximum atomic E-state index is 13.8. The summed E-state index contributed by atoms with van der Waals surface area (Å²) in [4.78, 5) is 11.0. The van der Waals surface area contributed by atoms with E-state index in [1.54, 1.807) is 36.5 Å². The molecule has 1 aromatic heterocycles. The van der Waals surface area contributed by atoms with E-state index in [0.717, 1.165) is 10.9 Å². The lowest BCUT2D eigenvalue weighted by Gasteiger charge is -2.09. The van der Waals surface area contributed by atoms with Crippen LogP contribution in [0.5, 0.6) is 0 Å². The third kappa shape index (κ3) is 2.50. The molecule has 0 radical (unpaired) electrons. The normalized spacial score (nSPS) is 11.0. The molecule has 0 saturated carbocycles. The van der Waals surface area contributed by atoms with Crippen LogP contribution >= 0.6 is 11.6 Å². The second kappa shape index (κ2) is 5.22. The Balaban J connectivity index is 2.04. The lowest BCUT2D eigenvalue weighted by Crippen LogP contribution is -2.02. The first-order valence-corrected chi connectivity index (χ1v) is 6.69. The summed E-state index contributed by atoms with van der Waals surface area (Å²) in [5, 5.41) is 10.2. The Morgan fingerprint density at radius 3 is 2.76 bits per heavy atom. The van der Waals surface area contributed by atoms with E-state index in [0.29, 0.717) is 17.1 Å². The molecule has 2 aromatic carbocycles. The van der Waals surface area contributed by atoms with Crippen LogP contribution in [0.4, 0.5) is 4.39 Å². The fourth-order valence-corrected chi connectivity index (χ4v) is 2.55. The highest BCUT2D eigenvalue weighted by atomic mass is 35.5. The summed E-state index contributed by atoms with van der Waals surface area (Å²) in [7, 11) is 0. The minimum Gasteiger partial charge on any atom is -0.478 e. The quantitative estimate of drug-likeness (QED) is 0.788. The van der Waals surface area contributed by atoms with Crippen LogP contribution in [0.3, 0.4) is 0 Å². The Labute approximate surface area is 125 Å². The van der Waals surface area contributed by atoms with Crippen molar-refractivity contribution in [2.45, 2.75) is 6.54 Å². The van der Waals surface area contributed by atoms with Gasteiger partial charge in [0.25, 0.3) is 0 Å². The Hall–Kier alpha value is -2.33. The Bertz CT molecular complexity index is 821. The number of fused-ring (bicyclic) bond motifs is 1. The van der Waals surface area contributed by atoms with E-state index in [2.05, 4.69) is 0 Å². The summed E-state index contributed by atoms with van der Waals surface area (Å²) in [6.45, 7) is 0.293. The molecule has 0 fully saturated rings. The zero-order valence-electron chi connectivity index (χ0n) is 10.9. The Morgan fingerprint density at radius 2 is 2.05 bits per heavy atom. The van der Waals surface area contributed by atoms with E-state index in [4.69, 9.17) is 16.7 Å². The molecule has 21 heavy (non-hydrogen) atoms. The molecular weight excluding hydrogens is 293 g/mol. The van der Waals surface area contributed by atoms with Crippen molar-refractivity contribution < 1.29 is 14.3 Å². The molecule has 0 aliphatic heterocycles. The van der Waals surface area contributed by atoms with Gasteiger partial charge in [-0.25, -0.2) is 9.18 Å². The highest BCUT2D eigenvalue weighted by Crippen LogP contribution is 2.24. The van der Waals surface area contributed by atoms with Gasteiger partial charge in [-0.05, 0) is 36.4 Å². The van der Waals surface area contributed by atoms with Gasteiger partial charge in [0.2, 0.25) is 0 Å². The van der Waals surface area contributed by atoms with Crippen LogP contribution in [0, 0.1) is 5.82 Å². The van der Waals surface area contributed by atoms with Crippen LogP contribution in [0.2, 0.25) is 5.02 Å². The molecule has 3 rings (SSSR count). The van der Waals surface area contributed by atoms with Crippen LogP contribution in [0.15, 0.2) is 48.7 Å². The number of benzene rings is 2. The van der Waals surface area contributed by atoms with Gasteiger partial charge in [0.1, 0.15) is 5.82 Å². The van der Waals surface area contributed by atoms with E-state index in [1.807, 2.05) is 4.57 Å². The van der Waals surface area contributed by atoms with E-state index < -0.39 is 5.97 Å². The van der Waals surface area contributed by atoms with E-state index in [9.17, 15) is 9.18 Å². The predicted molar refractivity (Wildman–Crippen MR) is 79.4 cm³/mol. The first kappa shape index (κ1) is 13.6. The molecule has 3 aromatic rings. The smallest absolute Gasteiger partial charge is 0.335 e. The third-order valence-electron chi connectivity index (χ3n) is 3.41. The number of carboxylic acid groups (broad SMARTS) is 1. The third-order valence-corrected chi connectivity index (χ3v) is 3.76. The monoisotopic (exact) mass is 303 g/mol. The van der Waals surface area contributed by atoms with E-state index in [-0.39, 0.29) is 11.4 Å². The number of aromatic carboxylic acids is 1. The van der Waals surface area contributed by atoms with E-state index in [1.165, 1.54) is 12.1 Å². The number of carbonyl (C=O) groups is 1. The van der Waals surface area contributed by atoms with Crippen molar-refractivity contribution in [1.29, 1.82) is 0 Å². The largest absolute Gasteiger partial charge is 0.478 e. The summed E-state index contributed by atoms with van der Waals surface area (Å²) in [6.07, 6.45) is 1.79. The second-order valence-electron chi connectivity index (χ2n) is 4.72. The Morgan fingerprint density at radius 1 is 1.24 bits per heavy atom. The van der Waals surface area contributed by atoms with Gasteiger partial charge in [-0.3, -0.25) is 0 Å². The number of nitrogens with zero attached hydrogens (tertiary/aromatic N) is 1. The van der Waals surface area contributed by atoms with Gasteiger partial charge in [0, 0.05) is 27.7 Å². The van der Waals surface area contributed by atoms with Crippen LogP contribution in [0.1, 0.15) is 15.9 Å². The lowest BCUT2D eigenvalue weighted by molar-refractivity contribution is 0.0697. The van der Waals surface area contributed by atoms with Crippen LogP contribution in [-0.4, -0.2) is 15.6 Å². The van der Waals surface area contributed by atoms with Gasteiger partial charge >= 0.3 is 5.97 Å². The highest BCUT2D eigenvalue weighted by Gasteiger charge is 2.10. The standard InChI is InChI=1S/C16H11ClFNO2/c17-13-2-1-3-14(18)12(13)9-19-7-6-10-8-11(16(20)21)4-5-15(10)19/h1-8H,9H2,(H,20,21). The maximum absolute atomic E-state index is 13.8. The summed E-state index contributed by atoms with van der Waals surface area (Å²) in [5.41, 5.74) is 1.47. The topological polar surface area (TPSA) is 42.2 Å². The number of rotatable bonds is 3. The number of hydrogen-bond donors (Lipinski definition) is 1. The van der Waals surface area contributed by atoms with Gasteiger partial charge in [-0.2, -0.15) is 0 Å². The van der Waals surface area contributed by atoms with Crippen molar-refractivity contribution >= 4 is 28.5 Å². The molecule has 0 atom stereocenters. The van der Waals surface area contributed by atoms with Crippen molar-refractivity contribution in [3.05, 3.63) is 70.6 Å². The molecule has 0 saturated heterocycles. The zero-order valence-corrected chi connectivity index (χ0v) is 11.6. The van der Waals surface area contributed by atoms with Gasteiger partial charge in [-0.15, -0.1) is 0 Å². The Kier molecular flexibility index (Phi) is 3.39. The SMILES string of the molecule is O=C(O)c1ccc2c(ccn2Cc2c(F)cccc2Cl)c1. The molecule has 1 heterocycles. The summed E-state index contributed by atoms with van der Waals surface area (Å²) >= 11 is 6.03. The number of carboxylic acids is 1. The summed E-state index contributed by atoms with van der Waals surface area (Å²) < 4.78 is 15.7. The van der Waals surface area contributed by atoms with E-state index >= 15 is 0 Å². The average Bonchev–Trinajstić information content (AvgIpc) is 2.85. The second-order valence-corrected chi connectivity index (χ2v) is 5.13. The summed E-state index contributed by atoms with van der Waals surface area (Å²) in [6, 6.07) is 11.2. The first-order chi connectivity index (χ1) is 10.1. The molecular formula is C16H11ClFNO2. The maximum Gasteiger partial charge on any atom is 0.335 e. The molecule has 3 nitrogen and oxygen atoms in total. The lowest BCUT2D eigenvalue weighted by atomic mass is 10.1. The molecule has 0 amide bonds. The van der Waals surface area contributed by atoms with Gasteiger partial charge in [-0.1, -0.05) is 17.7 Å². The van der Waals surface area contributed by atoms with Crippen molar-refractivity contribution in [2.75, 3.05) is 0 Å². The molecule has 106 valence electrons. The van der Waals surface area contributed by atoms with Crippen LogP contribution in [-0.2, 0) is 6.54 Å². The predicted octanol–water partition coefficient (Wildman–Crippen LogP) is 4.18. The van der Waals surface area contributed by atoms with Crippen molar-refractivity contribution in [3.63, 3.8) is 0 Å².